The van der Waals surface area contributed by atoms with Gasteiger partial charge in [0.15, 0.2) is 6.29 Å². The standard InChI is InChI=1S/C5H10O3/c1-6-5-4-7-2-3-8-5/h5H,2-4H2,1H3. The van der Waals surface area contributed by atoms with Crippen LogP contribution in [0.5, 0.6) is 0 Å². The van der Waals surface area contributed by atoms with Gasteiger partial charge in [0.1, 0.15) is 0 Å². The molecule has 0 aromatic carbocycles. The van der Waals surface area contributed by atoms with Crippen molar-refractivity contribution in [1.29, 1.82) is 0 Å². The van der Waals surface area contributed by atoms with Crippen LogP contribution in [-0.2, 0) is 14.2 Å². The summed E-state index contributed by atoms with van der Waals surface area (Å²) < 4.78 is 14.9. The first-order valence-electron chi connectivity index (χ1n) is 2.65. The third-order valence-electron chi connectivity index (χ3n) is 1.05. The molecule has 1 rings (SSSR count). The van der Waals surface area contributed by atoms with Gasteiger partial charge < -0.3 is 14.2 Å². The first-order valence-corrected chi connectivity index (χ1v) is 2.65. The monoisotopic (exact) mass is 118 g/mol. The van der Waals surface area contributed by atoms with Crippen LogP contribution in [0.3, 0.4) is 0 Å². The maximum atomic E-state index is 5.08. The SMILES string of the molecule is COC1COCCO1. The zero-order valence-corrected chi connectivity index (χ0v) is 4.92. The molecule has 0 saturated carbocycles. The van der Waals surface area contributed by atoms with Crippen LogP contribution < -0.4 is 0 Å². The molecule has 1 saturated heterocycles. The van der Waals surface area contributed by atoms with E-state index in [-0.39, 0.29) is 6.29 Å². The average Bonchev–Trinajstić information content (AvgIpc) is 1.90. The highest BCUT2D eigenvalue weighted by Crippen LogP contribution is 1.99. The van der Waals surface area contributed by atoms with Crippen LogP contribution in [0.2, 0.25) is 0 Å². The third kappa shape index (κ3) is 1.43. The molecule has 0 bridgehead atoms. The first-order chi connectivity index (χ1) is 3.93. The fourth-order valence-electron chi connectivity index (χ4n) is 0.602. The minimum Gasteiger partial charge on any atom is -0.374 e. The summed E-state index contributed by atoms with van der Waals surface area (Å²) in [6.45, 7) is 1.91. The van der Waals surface area contributed by atoms with Crippen molar-refractivity contribution < 1.29 is 14.2 Å². The summed E-state index contributed by atoms with van der Waals surface area (Å²) >= 11 is 0. The molecule has 48 valence electrons. The van der Waals surface area contributed by atoms with E-state index < -0.39 is 0 Å². The Hall–Kier alpha value is -0.120. The van der Waals surface area contributed by atoms with E-state index in [4.69, 9.17) is 14.2 Å². The van der Waals surface area contributed by atoms with Gasteiger partial charge >= 0.3 is 0 Å². The predicted molar refractivity (Wildman–Crippen MR) is 27.6 cm³/mol. The van der Waals surface area contributed by atoms with Gasteiger partial charge in [0.05, 0.1) is 19.8 Å². The van der Waals surface area contributed by atoms with Crippen LogP contribution in [0, 0.1) is 0 Å². The highest BCUT2D eigenvalue weighted by atomic mass is 16.7. The highest BCUT2D eigenvalue weighted by Gasteiger charge is 2.11. The van der Waals surface area contributed by atoms with Gasteiger partial charge in [-0.1, -0.05) is 0 Å². The lowest BCUT2D eigenvalue weighted by Gasteiger charge is -2.20. The lowest BCUT2D eigenvalue weighted by atomic mass is 10.6. The number of rotatable bonds is 1. The molecule has 0 aromatic rings. The smallest absolute Gasteiger partial charge is 0.180 e. The van der Waals surface area contributed by atoms with E-state index in [9.17, 15) is 0 Å². The van der Waals surface area contributed by atoms with Crippen molar-refractivity contribution in [2.45, 2.75) is 6.29 Å². The van der Waals surface area contributed by atoms with E-state index >= 15 is 0 Å². The number of hydrogen-bond donors (Lipinski definition) is 0. The number of methoxy groups -OCH3 is 1. The van der Waals surface area contributed by atoms with E-state index in [1.807, 2.05) is 0 Å². The first kappa shape index (κ1) is 6.01. The normalized spacial score (nSPS) is 30.4. The minimum absolute atomic E-state index is 0.135. The fraction of sp³-hybridized carbons (Fsp3) is 1.00. The van der Waals surface area contributed by atoms with E-state index in [0.717, 1.165) is 0 Å². The summed E-state index contributed by atoms with van der Waals surface area (Å²) in [4.78, 5) is 0. The Morgan fingerprint density at radius 1 is 1.50 bits per heavy atom. The molecule has 8 heavy (non-hydrogen) atoms. The van der Waals surface area contributed by atoms with Crippen LogP contribution in [-0.4, -0.2) is 33.2 Å². The molecule has 0 aliphatic carbocycles. The van der Waals surface area contributed by atoms with Crippen molar-refractivity contribution in [2.75, 3.05) is 26.9 Å². The van der Waals surface area contributed by atoms with E-state index in [2.05, 4.69) is 0 Å². The van der Waals surface area contributed by atoms with Gasteiger partial charge in [-0.05, 0) is 0 Å². The Morgan fingerprint density at radius 3 is 2.75 bits per heavy atom. The van der Waals surface area contributed by atoms with Crippen LogP contribution in [0.1, 0.15) is 0 Å². The molecular weight excluding hydrogens is 108 g/mol. The maximum Gasteiger partial charge on any atom is 0.180 e. The Labute approximate surface area is 48.5 Å². The Kier molecular flexibility index (Phi) is 2.27. The van der Waals surface area contributed by atoms with Crippen molar-refractivity contribution in [3.05, 3.63) is 0 Å². The lowest BCUT2D eigenvalue weighted by Crippen LogP contribution is -2.29. The molecular formula is C5H10O3. The van der Waals surface area contributed by atoms with Crippen LogP contribution in [0.4, 0.5) is 0 Å². The molecule has 1 atom stereocenters. The van der Waals surface area contributed by atoms with E-state index in [1.165, 1.54) is 0 Å². The fourth-order valence-corrected chi connectivity index (χ4v) is 0.602. The van der Waals surface area contributed by atoms with Gasteiger partial charge in [-0.2, -0.15) is 0 Å². The zero-order valence-electron chi connectivity index (χ0n) is 4.92. The second-order valence-corrected chi connectivity index (χ2v) is 1.61. The molecule has 1 heterocycles. The van der Waals surface area contributed by atoms with Gasteiger partial charge in [-0.25, -0.2) is 0 Å². The van der Waals surface area contributed by atoms with Crippen LogP contribution in [0.15, 0.2) is 0 Å². The van der Waals surface area contributed by atoms with Crippen molar-refractivity contribution in [3.8, 4) is 0 Å². The van der Waals surface area contributed by atoms with Crippen molar-refractivity contribution >= 4 is 0 Å². The van der Waals surface area contributed by atoms with Crippen LogP contribution in [0.25, 0.3) is 0 Å². The van der Waals surface area contributed by atoms with Crippen molar-refractivity contribution in [3.63, 3.8) is 0 Å². The Balaban J connectivity index is 2.13. The molecule has 3 nitrogen and oxygen atoms in total. The highest BCUT2D eigenvalue weighted by molar-refractivity contribution is 4.46. The molecule has 0 radical (unpaired) electrons. The Bertz CT molecular complexity index is 58.7. The molecule has 0 amide bonds. The third-order valence-corrected chi connectivity index (χ3v) is 1.05. The van der Waals surface area contributed by atoms with Gasteiger partial charge in [-0.15, -0.1) is 0 Å². The summed E-state index contributed by atoms with van der Waals surface area (Å²) in [5.74, 6) is 0. The van der Waals surface area contributed by atoms with Gasteiger partial charge in [0.25, 0.3) is 0 Å². The topological polar surface area (TPSA) is 27.7 Å². The molecule has 1 fully saturated rings. The summed E-state index contributed by atoms with van der Waals surface area (Å²) in [7, 11) is 1.61. The molecule has 0 aromatic heterocycles. The Morgan fingerprint density at radius 2 is 2.38 bits per heavy atom. The molecule has 0 spiro atoms. The summed E-state index contributed by atoms with van der Waals surface area (Å²) in [6.07, 6.45) is -0.135. The largest absolute Gasteiger partial charge is 0.374 e. The summed E-state index contributed by atoms with van der Waals surface area (Å²) in [6, 6.07) is 0. The molecule has 1 aliphatic heterocycles. The number of ether oxygens (including phenoxy) is 3. The quantitative estimate of drug-likeness (QED) is 0.485. The summed E-state index contributed by atoms with van der Waals surface area (Å²) in [5, 5.41) is 0. The molecule has 3 heteroatoms. The van der Waals surface area contributed by atoms with Crippen molar-refractivity contribution in [2.24, 2.45) is 0 Å². The van der Waals surface area contributed by atoms with Crippen LogP contribution >= 0.6 is 0 Å². The lowest BCUT2D eigenvalue weighted by molar-refractivity contribution is -0.199. The second-order valence-electron chi connectivity index (χ2n) is 1.61. The van der Waals surface area contributed by atoms with Gasteiger partial charge in [0, 0.05) is 7.11 Å². The minimum atomic E-state index is -0.135. The summed E-state index contributed by atoms with van der Waals surface area (Å²) in [5.41, 5.74) is 0. The van der Waals surface area contributed by atoms with Crippen molar-refractivity contribution in [1.82, 2.24) is 0 Å². The molecule has 0 N–H and O–H groups in total. The van der Waals surface area contributed by atoms with E-state index in [1.54, 1.807) is 7.11 Å². The van der Waals surface area contributed by atoms with Gasteiger partial charge in [0.2, 0.25) is 0 Å². The van der Waals surface area contributed by atoms with Gasteiger partial charge in [-0.3, -0.25) is 0 Å². The average molecular weight is 118 g/mol. The maximum absolute atomic E-state index is 5.08. The predicted octanol–water partition coefficient (Wildman–Crippen LogP) is 0.00570. The molecule has 1 aliphatic rings. The second kappa shape index (κ2) is 3.02. The zero-order chi connectivity index (χ0) is 5.82. The molecule has 1 unspecified atom stereocenters. The number of hydrogen-bond acceptors (Lipinski definition) is 3. The van der Waals surface area contributed by atoms with E-state index in [0.29, 0.717) is 19.8 Å².